The van der Waals surface area contributed by atoms with Crippen molar-refractivity contribution >= 4 is 31.7 Å². The summed E-state index contributed by atoms with van der Waals surface area (Å²) in [5, 5.41) is 0. The van der Waals surface area contributed by atoms with Gasteiger partial charge >= 0.3 is 230 Å². The number of hydrogen-bond acceptors (Lipinski definition) is 3. The Labute approximate surface area is 228 Å². The van der Waals surface area contributed by atoms with Crippen molar-refractivity contribution in [2.75, 3.05) is 0 Å². The van der Waals surface area contributed by atoms with Crippen LogP contribution in [0.25, 0.3) is 22.3 Å². The van der Waals surface area contributed by atoms with E-state index >= 15 is 0 Å². The fraction of sp³-hybridized carbons (Fsp3) is 0.0667. The molecule has 0 saturated carbocycles. The summed E-state index contributed by atoms with van der Waals surface area (Å²) in [6.07, 6.45) is 1.94. The fourth-order valence-electron chi connectivity index (χ4n) is 4.28. The Balaban J connectivity index is 0.00000253. The molecule has 0 spiro atoms. The van der Waals surface area contributed by atoms with Crippen molar-refractivity contribution < 1.29 is 25.8 Å². The molecule has 1 aliphatic heterocycles. The van der Waals surface area contributed by atoms with Gasteiger partial charge in [0.2, 0.25) is 0 Å². The first kappa shape index (κ1) is 24.0. The summed E-state index contributed by atoms with van der Waals surface area (Å²) in [5.41, 5.74) is 6.81. The van der Waals surface area contributed by atoms with Crippen LogP contribution < -0.4 is 14.7 Å². The molecule has 0 bridgehead atoms. The van der Waals surface area contributed by atoms with Crippen LogP contribution in [0.1, 0.15) is 11.3 Å². The molecule has 6 rings (SSSR count). The molecular weight excluding hydrogens is 808 g/mol. The van der Waals surface area contributed by atoms with Crippen molar-refractivity contribution in [2.45, 2.75) is 13.8 Å². The standard InChI is InChI=1S/C24H15NO.C6H6N.Bi.Pt/c1-18-7-5-12-24(25-18)26-23-11-6-10-22(17-23)21-15-13-20(14-16-21)19-8-3-2-4-9-19;1-6-2-4-7-5-3-6;;/h2-8,10-13,15H,1H3;2-4H,1H3;;/q-2;;;+2. The van der Waals surface area contributed by atoms with Crippen LogP contribution in [-0.4, -0.2) is 31.7 Å². The second-order valence-electron chi connectivity index (χ2n) is 8.33. The van der Waals surface area contributed by atoms with Gasteiger partial charge in [-0.1, -0.05) is 0 Å². The van der Waals surface area contributed by atoms with Gasteiger partial charge in [0.1, 0.15) is 0 Å². The van der Waals surface area contributed by atoms with Crippen LogP contribution >= 0.6 is 0 Å². The number of ether oxygens (including phenoxy) is 1. The first-order valence-corrected chi connectivity index (χ1v) is 16.4. The van der Waals surface area contributed by atoms with E-state index in [0.717, 1.165) is 16.8 Å². The van der Waals surface area contributed by atoms with Crippen LogP contribution in [0.3, 0.4) is 0 Å². The molecule has 2 aromatic heterocycles. The smallest absolute Gasteiger partial charge is 2.00 e. The molecule has 3 aromatic carbocycles. The number of benzene rings is 3. The molecule has 3 nitrogen and oxygen atoms in total. The number of aromatic nitrogens is 2. The van der Waals surface area contributed by atoms with E-state index in [4.69, 9.17) is 9.72 Å². The Hall–Kier alpha value is -2.67. The molecule has 0 unspecified atom stereocenters. The van der Waals surface area contributed by atoms with Crippen LogP contribution in [0.4, 0.5) is 0 Å². The zero-order valence-electron chi connectivity index (χ0n) is 19.2. The van der Waals surface area contributed by atoms with E-state index < -0.39 is 21.8 Å². The van der Waals surface area contributed by atoms with Gasteiger partial charge in [-0.15, -0.1) is 0 Å². The van der Waals surface area contributed by atoms with Crippen molar-refractivity contribution in [2.24, 2.45) is 0 Å². The van der Waals surface area contributed by atoms with Gasteiger partial charge in [0.25, 0.3) is 0 Å². The molecule has 0 fully saturated rings. The van der Waals surface area contributed by atoms with E-state index in [2.05, 4.69) is 78.6 Å². The third-order valence-corrected chi connectivity index (χ3v) is 15.1. The molecule has 0 N–H and O–H groups in total. The molecular formula is C30H21BiN2OPt. The van der Waals surface area contributed by atoms with Crippen LogP contribution in [-0.2, 0) is 21.1 Å². The van der Waals surface area contributed by atoms with Gasteiger partial charge in [-0.2, -0.15) is 0 Å². The van der Waals surface area contributed by atoms with Crippen LogP contribution in [0, 0.1) is 26.0 Å². The Kier molecular flexibility index (Phi) is 6.96. The van der Waals surface area contributed by atoms with Crippen molar-refractivity contribution in [3.63, 3.8) is 0 Å². The summed E-state index contributed by atoms with van der Waals surface area (Å²) in [6.45, 7) is 4.09. The van der Waals surface area contributed by atoms with Crippen molar-refractivity contribution in [1.82, 2.24) is 9.97 Å². The minimum atomic E-state index is -2.54. The fourth-order valence-corrected chi connectivity index (χ4v) is 14.3. The third kappa shape index (κ3) is 4.75. The second kappa shape index (κ2) is 10.1. The predicted octanol–water partition coefficient (Wildman–Crippen LogP) is 4.65. The Morgan fingerprint density at radius 3 is 2.46 bits per heavy atom. The molecule has 172 valence electrons. The summed E-state index contributed by atoms with van der Waals surface area (Å²) in [6, 6.07) is 36.5. The molecule has 0 amide bonds. The van der Waals surface area contributed by atoms with Gasteiger partial charge < -0.3 is 0 Å². The number of nitrogens with zero attached hydrogens (tertiary/aromatic N) is 2. The zero-order valence-corrected chi connectivity index (χ0v) is 25.0. The van der Waals surface area contributed by atoms with E-state index in [-0.39, 0.29) is 21.1 Å². The first-order valence-electron chi connectivity index (χ1n) is 11.2. The third-order valence-electron chi connectivity index (χ3n) is 5.85. The summed E-state index contributed by atoms with van der Waals surface area (Å²) in [4.78, 5) is 9.27. The van der Waals surface area contributed by atoms with E-state index in [0.29, 0.717) is 11.6 Å². The summed E-state index contributed by atoms with van der Waals surface area (Å²) in [5.74, 6) is 1.22. The summed E-state index contributed by atoms with van der Waals surface area (Å²) in [7, 11) is 0. The average molecular weight is 830 g/mol. The molecule has 1 aliphatic rings. The maximum absolute atomic E-state index is 5.99. The van der Waals surface area contributed by atoms with Crippen molar-refractivity contribution in [3.8, 4) is 33.9 Å². The number of aryl methyl sites for hydroxylation is 2. The predicted molar refractivity (Wildman–Crippen MR) is 138 cm³/mol. The van der Waals surface area contributed by atoms with E-state index in [1.165, 1.54) is 26.6 Å². The largest absolute Gasteiger partial charge is 2.00 e. The van der Waals surface area contributed by atoms with E-state index in [1.807, 2.05) is 43.5 Å². The molecule has 0 atom stereocenters. The van der Waals surface area contributed by atoms with Crippen molar-refractivity contribution in [3.05, 3.63) is 115 Å². The van der Waals surface area contributed by atoms with E-state index in [9.17, 15) is 0 Å². The van der Waals surface area contributed by atoms with Crippen LogP contribution in [0.2, 0.25) is 0 Å². The van der Waals surface area contributed by atoms with Gasteiger partial charge in [0, 0.05) is 0 Å². The maximum Gasteiger partial charge on any atom is 2.00 e. The average Bonchev–Trinajstić information content (AvgIpc) is 3.18. The normalized spacial score (nSPS) is 11.9. The van der Waals surface area contributed by atoms with Gasteiger partial charge in [0.15, 0.2) is 0 Å². The second-order valence-corrected chi connectivity index (χ2v) is 16.3. The maximum atomic E-state index is 5.99. The molecule has 0 radical (unpaired) electrons. The molecule has 3 heterocycles. The van der Waals surface area contributed by atoms with Crippen LogP contribution in [0.15, 0.2) is 91.1 Å². The van der Waals surface area contributed by atoms with Crippen molar-refractivity contribution in [1.29, 1.82) is 0 Å². The molecule has 0 saturated heterocycles. The van der Waals surface area contributed by atoms with Gasteiger partial charge in [-0.05, 0) is 0 Å². The van der Waals surface area contributed by atoms with E-state index in [1.54, 1.807) is 0 Å². The van der Waals surface area contributed by atoms with Crippen LogP contribution in [0.5, 0.6) is 11.6 Å². The van der Waals surface area contributed by atoms with Gasteiger partial charge in [0.05, 0.1) is 0 Å². The quantitative estimate of drug-likeness (QED) is 0.192. The number of hydrogen-bond donors (Lipinski definition) is 0. The Bertz CT molecular complexity index is 1530. The summed E-state index contributed by atoms with van der Waals surface area (Å²) >= 11 is -2.54. The number of pyridine rings is 2. The Morgan fingerprint density at radius 1 is 0.771 bits per heavy atom. The Morgan fingerprint density at radius 2 is 1.60 bits per heavy atom. The van der Waals surface area contributed by atoms with Gasteiger partial charge in [-0.3, -0.25) is 0 Å². The topological polar surface area (TPSA) is 35.0 Å². The first-order chi connectivity index (χ1) is 16.7. The SMILES string of the molecule is Cc1ccn[c]([Bi]2[c]3[c-]c(-c4[c-]c(Oc5cccc(C)n5)ccc4)ccc3-c3cccc[c]32)c1.[Pt+2]. The van der Waals surface area contributed by atoms with Gasteiger partial charge in [-0.25, -0.2) is 0 Å². The molecule has 35 heavy (non-hydrogen) atoms. The zero-order chi connectivity index (χ0) is 23.1. The minimum Gasteiger partial charge on any atom is 2.00 e. The number of fused-ring (bicyclic) bond motifs is 3. The molecule has 0 aliphatic carbocycles. The minimum absolute atomic E-state index is 0. The molecule has 5 aromatic rings. The number of rotatable bonds is 4. The monoisotopic (exact) mass is 829 g/mol. The molecule has 5 heteroatoms. The summed E-state index contributed by atoms with van der Waals surface area (Å²) < 4.78 is 10.1.